The first-order valence-electron chi connectivity index (χ1n) is 8.82. The molecule has 23 heavy (non-hydrogen) atoms. The summed E-state index contributed by atoms with van der Waals surface area (Å²) >= 11 is 0. The van der Waals surface area contributed by atoms with Crippen LogP contribution in [0.15, 0.2) is 48.2 Å². The number of nitrogens with zero attached hydrogens (tertiary/aromatic N) is 1. The topological polar surface area (TPSA) is 28.7 Å². The van der Waals surface area contributed by atoms with Gasteiger partial charge in [0, 0.05) is 5.56 Å². The van der Waals surface area contributed by atoms with E-state index in [4.69, 9.17) is 0 Å². The predicted molar refractivity (Wildman–Crippen MR) is 95.2 cm³/mol. The number of rotatable bonds is 0. The minimum absolute atomic E-state index is 0.709. The highest BCUT2D eigenvalue weighted by atomic mass is 15.1. The first-order chi connectivity index (χ1) is 11.3. The quantitative estimate of drug-likeness (QED) is 0.738. The van der Waals surface area contributed by atoms with Gasteiger partial charge in [-0.3, -0.25) is 5.10 Å². The summed E-state index contributed by atoms with van der Waals surface area (Å²) in [6, 6.07) is 8.80. The fourth-order valence-corrected chi connectivity index (χ4v) is 3.98. The Balaban J connectivity index is 0.000000122. The third-order valence-corrected chi connectivity index (χ3v) is 5.34. The van der Waals surface area contributed by atoms with Crippen LogP contribution in [-0.2, 0) is 19.3 Å². The average Bonchev–Trinajstić information content (AvgIpc) is 3.18. The van der Waals surface area contributed by atoms with Gasteiger partial charge in [0.1, 0.15) is 0 Å². The molecule has 0 fully saturated rings. The lowest BCUT2D eigenvalue weighted by atomic mass is 9.89. The lowest BCUT2D eigenvalue weighted by Gasteiger charge is -2.16. The molecule has 5 rings (SSSR count). The van der Waals surface area contributed by atoms with Gasteiger partial charge in [-0.25, -0.2) is 0 Å². The molecule has 3 aliphatic carbocycles. The van der Waals surface area contributed by atoms with E-state index in [1.165, 1.54) is 48.9 Å². The van der Waals surface area contributed by atoms with E-state index in [0.29, 0.717) is 5.92 Å². The van der Waals surface area contributed by atoms with Crippen LogP contribution in [-0.4, -0.2) is 10.2 Å². The first-order valence-corrected chi connectivity index (χ1v) is 8.82. The number of fused-ring (bicyclic) bond motifs is 3. The Kier molecular flexibility index (Phi) is 3.90. The molecule has 0 radical (unpaired) electrons. The molecule has 0 aliphatic heterocycles. The molecule has 1 N–H and O–H groups in total. The second kappa shape index (κ2) is 6.19. The molecular formula is C21H24N2. The van der Waals surface area contributed by atoms with Gasteiger partial charge in [-0.15, -0.1) is 0 Å². The van der Waals surface area contributed by atoms with Crippen molar-refractivity contribution in [2.45, 2.75) is 45.4 Å². The highest BCUT2D eigenvalue weighted by Crippen LogP contribution is 2.39. The molecule has 118 valence electrons. The molecule has 1 unspecified atom stereocenters. The van der Waals surface area contributed by atoms with Crippen LogP contribution in [0, 0.1) is 5.92 Å². The number of allylic oxidation sites excluding steroid dienone is 4. The summed E-state index contributed by atoms with van der Waals surface area (Å²) in [5.41, 5.74) is 8.75. The molecule has 0 bridgehead atoms. The smallest absolute Gasteiger partial charge is 0.0685 e. The second-order valence-electron chi connectivity index (χ2n) is 6.90. The summed E-state index contributed by atoms with van der Waals surface area (Å²) in [5.74, 6) is 0.709. The van der Waals surface area contributed by atoms with Crippen molar-refractivity contribution in [3.05, 3.63) is 70.6 Å². The van der Waals surface area contributed by atoms with Crippen molar-refractivity contribution in [3.8, 4) is 0 Å². The van der Waals surface area contributed by atoms with Gasteiger partial charge in [0.2, 0.25) is 0 Å². The van der Waals surface area contributed by atoms with Gasteiger partial charge in [-0.2, -0.15) is 5.10 Å². The summed E-state index contributed by atoms with van der Waals surface area (Å²) in [6.07, 6.45) is 14.1. The Morgan fingerprint density at radius 3 is 2.52 bits per heavy atom. The van der Waals surface area contributed by atoms with Crippen molar-refractivity contribution in [1.82, 2.24) is 10.2 Å². The molecule has 3 aliphatic rings. The van der Waals surface area contributed by atoms with Crippen LogP contribution < -0.4 is 0 Å². The lowest BCUT2D eigenvalue weighted by Crippen LogP contribution is -2.02. The number of aromatic nitrogens is 2. The van der Waals surface area contributed by atoms with E-state index >= 15 is 0 Å². The number of benzene rings is 1. The van der Waals surface area contributed by atoms with E-state index < -0.39 is 0 Å². The van der Waals surface area contributed by atoms with E-state index in [1.807, 2.05) is 6.20 Å². The zero-order chi connectivity index (χ0) is 15.6. The van der Waals surface area contributed by atoms with E-state index in [-0.39, 0.29) is 0 Å². The predicted octanol–water partition coefficient (Wildman–Crippen LogP) is 4.88. The van der Waals surface area contributed by atoms with Gasteiger partial charge in [-0.05, 0) is 61.1 Å². The fraction of sp³-hybridized carbons (Fsp3) is 0.381. The standard InChI is InChI=1S/C11H12N2.C10H12/c1-7-3-2-4-9-10(7)5-8-6-12-13-11(8)9;1-2-6-10-8-4-3-7-9(10)5-1/h2,4,6-7H,3,5H2,1H3,(H,12,13);1-2,5-6H,3-4,7-8H2. The number of hydrogen-bond donors (Lipinski definition) is 1. The van der Waals surface area contributed by atoms with Crippen LogP contribution in [0.1, 0.15) is 48.6 Å². The van der Waals surface area contributed by atoms with E-state index in [1.54, 1.807) is 16.7 Å². The van der Waals surface area contributed by atoms with Gasteiger partial charge in [-0.1, -0.05) is 48.9 Å². The van der Waals surface area contributed by atoms with Gasteiger partial charge in [0.25, 0.3) is 0 Å². The molecule has 2 aromatic rings. The largest absolute Gasteiger partial charge is 0.278 e. The summed E-state index contributed by atoms with van der Waals surface area (Å²) in [7, 11) is 0. The van der Waals surface area contributed by atoms with E-state index in [2.05, 4.69) is 53.5 Å². The average molecular weight is 304 g/mol. The highest BCUT2D eigenvalue weighted by molar-refractivity contribution is 5.81. The molecule has 0 saturated heterocycles. The van der Waals surface area contributed by atoms with Crippen molar-refractivity contribution in [1.29, 1.82) is 0 Å². The molecule has 1 heterocycles. The van der Waals surface area contributed by atoms with Crippen LogP contribution >= 0.6 is 0 Å². The van der Waals surface area contributed by atoms with Crippen molar-refractivity contribution in [3.63, 3.8) is 0 Å². The molecule has 1 aromatic carbocycles. The third kappa shape index (κ3) is 2.78. The number of aryl methyl sites for hydroxylation is 2. The Bertz CT molecular complexity index is 739. The Labute approximate surface area is 138 Å². The maximum Gasteiger partial charge on any atom is 0.0685 e. The maximum atomic E-state index is 4.07. The van der Waals surface area contributed by atoms with Crippen LogP contribution in [0.2, 0.25) is 0 Å². The normalized spacial score (nSPS) is 21.2. The molecule has 2 heteroatoms. The molecule has 1 aromatic heterocycles. The lowest BCUT2D eigenvalue weighted by molar-refractivity contribution is 0.676. The molecule has 1 atom stereocenters. The molecule has 0 spiro atoms. The van der Waals surface area contributed by atoms with Gasteiger partial charge in [0.15, 0.2) is 0 Å². The van der Waals surface area contributed by atoms with Crippen molar-refractivity contribution in [2.75, 3.05) is 0 Å². The Hall–Kier alpha value is -2.09. The van der Waals surface area contributed by atoms with Crippen LogP contribution in [0.3, 0.4) is 0 Å². The zero-order valence-corrected chi connectivity index (χ0v) is 13.8. The van der Waals surface area contributed by atoms with E-state index in [9.17, 15) is 0 Å². The summed E-state index contributed by atoms with van der Waals surface area (Å²) < 4.78 is 0. The van der Waals surface area contributed by atoms with E-state index in [0.717, 1.165) is 6.42 Å². The van der Waals surface area contributed by atoms with Crippen molar-refractivity contribution >= 4 is 5.57 Å². The monoisotopic (exact) mass is 304 g/mol. The van der Waals surface area contributed by atoms with Crippen LogP contribution in [0.4, 0.5) is 0 Å². The molecule has 0 saturated carbocycles. The number of hydrogen-bond acceptors (Lipinski definition) is 1. The second-order valence-corrected chi connectivity index (χ2v) is 6.90. The summed E-state index contributed by atoms with van der Waals surface area (Å²) in [6.45, 7) is 2.30. The maximum absolute atomic E-state index is 4.07. The first kappa shape index (κ1) is 14.5. The third-order valence-electron chi connectivity index (χ3n) is 5.34. The fourth-order valence-electron chi connectivity index (χ4n) is 3.98. The molecule has 0 amide bonds. The Morgan fingerprint density at radius 2 is 1.78 bits per heavy atom. The summed E-state index contributed by atoms with van der Waals surface area (Å²) in [5, 5.41) is 7.15. The van der Waals surface area contributed by atoms with Crippen LogP contribution in [0.25, 0.3) is 5.57 Å². The minimum atomic E-state index is 0.709. The number of nitrogens with one attached hydrogen (secondary N) is 1. The Morgan fingerprint density at radius 1 is 1.04 bits per heavy atom. The highest BCUT2D eigenvalue weighted by Gasteiger charge is 2.26. The van der Waals surface area contributed by atoms with Crippen LogP contribution in [0.5, 0.6) is 0 Å². The molecular weight excluding hydrogens is 280 g/mol. The number of aromatic amines is 1. The SMILES string of the molecule is CC1CC=CC2=C1Cc1cn[nH]c12.c1ccc2c(c1)CCCC2. The number of H-pyrrole nitrogens is 1. The minimum Gasteiger partial charge on any atom is -0.278 e. The van der Waals surface area contributed by atoms with Gasteiger partial charge >= 0.3 is 0 Å². The zero-order valence-electron chi connectivity index (χ0n) is 13.8. The van der Waals surface area contributed by atoms with Crippen molar-refractivity contribution < 1.29 is 0 Å². The van der Waals surface area contributed by atoms with Crippen molar-refractivity contribution in [2.24, 2.45) is 5.92 Å². The van der Waals surface area contributed by atoms with Gasteiger partial charge < -0.3 is 0 Å². The molecule has 2 nitrogen and oxygen atoms in total. The van der Waals surface area contributed by atoms with Gasteiger partial charge in [0.05, 0.1) is 11.9 Å². The summed E-state index contributed by atoms with van der Waals surface area (Å²) in [4.78, 5) is 0.